The van der Waals surface area contributed by atoms with E-state index in [0.29, 0.717) is 29.2 Å². The van der Waals surface area contributed by atoms with Crippen molar-refractivity contribution in [3.8, 4) is 11.5 Å². The molecule has 3 aromatic rings. The second kappa shape index (κ2) is 10.4. The molecule has 0 aromatic heterocycles. The second-order valence-corrected chi connectivity index (χ2v) is 14.7. The van der Waals surface area contributed by atoms with Crippen molar-refractivity contribution in [2.75, 3.05) is 11.5 Å². The van der Waals surface area contributed by atoms with E-state index < -0.39 is 8.32 Å². The Morgan fingerprint density at radius 1 is 0.919 bits per heavy atom. The van der Waals surface area contributed by atoms with E-state index >= 15 is 0 Å². The summed E-state index contributed by atoms with van der Waals surface area (Å²) in [5.41, 5.74) is 3.23. The Kier molecular flexibility index (Phi) is 7.23. The first-order valence-electron chi connectivity index (χ1n) is 13.1. The average molecular weight is 518 g/mol. The molecule has 3 aromatic carbocycles. The van der Waals surface area contributed by atoms with Gasteiger partial charge in [-0.15, -0.1) is 0 Å². The number of aliphatic hydroxyl groups is 1. The van der Waals surface area contributed by atoms with E-state index in [-0.39, 0.29) is 36.2 Å². The van der Waals surface area contributed by atoms with Crippen molar-refractivity contribution in [3.63, 3.8) is 0 Å². The van der Waals surface area contributed by atoms with Crippen molar-refractivity contribution in [3.05, 3.63) is 83.9 Å². The van der Waals surface area contributed by atoms with Crippen LogP contribution >= 0.6 is 0 Å². The highest BCUT2D eigenvalue weighted by molar-refractivity contribution is 6.71. The molecule has 1 fully saturated rings. The zero-order chi connectivity index (χ0) is 26.2. The molecule has 0 saturated carbocycles. The molecule has 6 nitrogen and oxygen atoms in total. The number of aliphatic hydroxyl groups excluding tert-OH is 1. The summed E-state index contributed by atoms with van der Waals surface area (Å²) in [6, 6.07) is 23.0. The molecule has 0 radical (unpaired) electrons. The van der Waals surface area contributed by atoms with Crippen LogP contribution < -0.4 is 9.64 Å². The van der Waals surface area contributed by atoms with Gasteiger partial charge in [0.1, 0.15) is 5.75 Å². The molecule has 5 rings (SSSR count). The Morgan fingerprint density at radius 3 is 2.41 bits per heavy atom. The second-order valence-electron chi connectivity index (χ2n) is 10.7. The average Bonchev–Trinajstić information content (AvgIpc) is 3.13. The van der Waals surface area contributed by atoms with Gasteiger partial charge in [0.15, 0.2) is 14.1 Å². The summed E-state index contributed by atoms with van der Waals surface area (Å²) in [5.74, 6) is 1.28. The van der Waals surface area contributed by atoms with Gasteiger partial charge in [-0.25, -0.2) is 0 Å². The molecule has 2 N–H and O–H groups in total. The quantitative estimate of drug-likeness (QED) is 0.373. The zero-order valence-electron chi connectivity index (χ0n) is 21.6. The number of para-hydroxylation sites is 3. The summed E-state index contributed by atoms with van der Waals surface area (Å²) in [5, 5.41) is 9.53. The summed E-state index contributed by atoms with van der Waals surface area (Å²) in [4.78, 5) is 26.4. The number of aryl methyl sites for hydroxylation is 1. The molecule has 0 bridgehead atoms. The van der Waals surface area contributed by atoms with Gasteiger partial charge in [0.2, 0.25) is 0 Å². The molecule has 7 heteroatoms. The Bertz CT molecular complexity index is 1270. The molecule has 2 aliphatic heterocycles. The normalized spacial score (nSPS) is 23.3. The third-order valence-corrected chi connectivity index (χ3v) is 10.2. The smallest absolute Gasteiger partial charge is 0.266 e. The predicted octanol–water partition coefficient (Wildman–Crippen LogP) is 6.06. The molecule has 4 atom stereocenters. The maximum Gasteiger partial charge on any atom is 0.266 e. The fourth-order valence-electron chi connectivity index (χ4n) is 6.03. The Balaban J connectivity index is 1.40. The van der Waals surface area contributed by atoms with Gasteiger partial charge in [-0.3, -0.25) is 9.69 Å². The van der Waals surface area contributed by atoms with E-state index in [1.54, 1.807) is 11.0 Å². The lowest BCUT2D eigenvalue weighted by Crippen LogP contribution is -2.40. The van der Waals surface area contributed by atoms with Crippen LogP contribution in [-0.4, -0.2) is 42.9 Å². The first kappa shape index (κ1) is 25.7. The molecule has 2 aliphatic rings. The van der Waals surface area contributed by atoms with Gasteiger partial charge in [0.05, 0.1) is 23.5 Å². The SMILES string of the molecule is C[C@H]1[C@H]([Si](C)(C)O)[C@@H](CCO)O[C@H]1CCc1cccc(N2C(=O)c3ccccc3Oc3ccccc32)c1. The van der Waals surface area contributed by atoms with Crippen LogP contribution in [0.4, 0.5) is 11.4 Å². The maximum absolute atomic E-state index is 13.7. The summed E-state index contributed by atoms with van der Waals surface area (Å²) < 4.78 is 12.5. The van der Waals surface area contributed by atoms with Crippen molar-refractivity contribution < 1.29 is 24.2 Å². The number of ether oxygens (including phenoxy) is 2. The minimum Gasteiger partial charge on any atom is -0.454 e. The zero-order valence-corrected chi connectivity index (χ0v) is 22.6. The summed E-state index contributed by atoms with van der Waals surface area (Å²) >= 11 is 0. The number of carbonyl (C=O) groups excluding carboxylic acids is 1. The minimum absolute atomic E-state index is 0.0185. The lowest BCUT2D eigenvalue weighted by atomic mass is 9.95. The highest BCUT2D eigenvalue weighted by Crippen LogP contribution is 2.46. The van der Waals surface area contributed by atoms with Crippen LogP contribution in [0.5, 0.6) is 11.5 Å². The number of nitrogens with zero attached hydrogens (tertiary/aromatic N) is 1. The molecular weight excluding hydrogens is 482 g/mol. The fourth-order valence-corrected chi connectivity index (χ4v) is 8.69. The third kappa shape index (κ3) is 5.09. The monoisotopic (exact) mass is 517 g/mol. The van der Waals surface area contributed by atoms with Gasteiger partial charge < -0.3 is 19.4 Å². The van der Waals surface area contributed by atoms with Crippen molar-refractivity contribution in [2.45, 2.75) is 57.0 Å². The molecule has 0 spiro atoms. The van der Waals surface area contributed by atoms with Crippen molar-refractivity contribution in [2.24, 2.45) is 5.92 Å². The van der Waals surface area contributed by atoms with Crippen LogP contribution in [0.3, 0.4) is 0 Å². The molecule has 1 amide bonds. The standard InChI is InChI=1S/C30H35NO5Si/c1-20-25(35-28(17-18-32)29(20)37(2,3)34)16-15-21-9-8-10-22(19-21)31-24-12-5-7-14-27(24)36-26-13-6-4-11-23(26)30(31)33/h4-14,19-20,25,28-29,32,34H,15-18H2,1-3H3/t20-,25+,28-,29+/m1/s1. The molecule has 37 heavy (non-hydrogen) atoms. The number of hydrogen-bond acceptors (Lipinski definition) is 5. The number of benzene rings is 3. The summed E-state index contributed by atoms with van der Waals surface area (Å²) in [6.07, 6.45) is 2.06. The van der Waals surface area contributed by atoms with Crippen LogP contribution in [0.25, 0.3) is 0 Å². The topological polar surface area (TPSA) is 79.2 Å². The van der Waals surface area contributed by atoms with E-state index in [1.807, 2.05) is 67.7 Å². The van der Waals surface area contributed by atoms with Gasteiger partial charge in [0.25, 0.3) is 5.91 Å². The highest BCUT2D eigenvalue weighted by atomic mass is 28.4. The van der Waals surface area contributed by atoms with Gasteiger partial charge in [0, 0.05) is 17.8 Å². The van der Waals surface area contributed by atoms with E-state index in [4.69, 9.17) is 9.47 Å². The molecule has 1 saturated heterocycles. The van der Waals surface area contributed by atoms with E-state index in [9.17, 15) is 14.7 Å². The number of fused-ring (bicyclic) bond motifs is 2. The maximum atomic E-state index is 13.7. The largest absolute Gasteiger partial charge is 0.454 e. The Morgan fingerprint density at radius 2 is 1.65 bits per heavy atom. The minimum atomic E-state index is -2.44. The lowest BCUT2D eigenvalue weighted by molar-refractivity contribution is 0.0192. The fraction of sp³-hybridized carbons (Fsp3) is 0.367. The molecule has 194 valence electrons. The number of rotatable bonds is 7. The van der Waals surface area contributed by atoms with Crippen molar-refractivity contribution in [1.82, 2.24) is 0 Å². The van der Waals surface area contributed by atoms with Gasteiger partial charge >= 0.3 is 0 Å². The van der Waals surface area contributed by atoms with Crippen LogP contribution in [0.1, 0.15) is 35.7 Å². The molecule has 0 unspecified atom stereocenters. The molecular formula is C30H35NO5Si. The van der Waals surface area contributed by atoms with Gasteiger partial charge in [-0.1, -0.05) is 43.3 Å². The lowest BCUT2D eigenvalue weighted by Gasteiger charge is -2.30. The predicted molar refractivity (Wildman–Crippen MR) is 147 cm³/mol. The highest BCUT2D eigenvalue weighted by Gasteiger charge is 2.49. The van der Waals surface area contributed by atoms with Crippen molar-refractivity contribution >= 4 is 25.6 Å². The van der Waals surface area contributed by atoms with Crippen LogP contribution in [-0.2, 0) is 11.2 Å². The summed E-state index contributed by atoms with van der Waals surface area (Å²) in [6.45, 7) is 6.15. The van der Waals surface area contributed by atoms with Crippen LogP contribution in [0, 0.1) is 5.92 Å². The molecule has 2 heterocycles. The first-order valence-corrected chi connectivity index (χ1v) is 16.1. The Labute approximate surface area is 219 Å². The number of carbonyl (C=O) groups is 1. The first-order chi connectivity index (χ1) is 17.8. The van der Waals surface area contributed by atoms with E-state index in [2.05, 4.69) is 19.1 Å². The van der Waals surface area contributed by atoms with E-state index in [0.717, 1.165) is 24.1 Å². The Hall–Kier alpha value is -2.97. The van der Waals surface area contributed by atoms with Gasteiger partial charge in [-0.2, -0.15) is 0 Å². The number of hydrogen-bond donors (Lipinski definition) is 2. The summed E-state index contributed by atoms with van der Waals surface area (Å²) in [7, 11) is -2.44. The molecule has 0 aliphatic carbocycles. The van der Waals surface area contributed by atoms with Crippen molar-refractivity contribution in [1.29, 1.82) is 0 Å². The number of anilines is 2. The van der Waals surface area contributed by atoms with Crippen LogP contribution in [0.2, 0.25) is 18.6 Å². The third-order valence-electron chi connectivity index (χ3n) is 7.67. The van der Waals surface area contributed by atoms with E-state index in [1.165, 1.54) is 0 Å². The van der Waals surface area contributed by atoms with Gasteiger partial charge in [-0.05, 0) is 80.2 Å². The van der Waals surface area contributed by atoms with Crippen LogP contribution in [0.15, 0.2) is 72.8 Å². The number of amides is 1.